The van der Waals surface area contributed by atoms with Gasteiger partial charge in [0, 0.05) is 17.3 Å². The summed E-state index contributed by atoms with van der Waals surface area (Å²) >= 11 is 3.52. The topological polar surface area (TPSA) is 20.2 Å². The number of fused-ring (bicyclic) bond motifs is 1. The molecule has 1 aliphatic carbocycles. The Labute approximate surface area is 128 Å². The number of aryl methyl sites for hydroxylation is 2. The van der Waals surface area contributed by atoms with Gasteiger partial charge in [-0.25, -0.2) is 0 Å². The molecule has 2 aromatic carbocycles. The summed E-state index contributed by atoms with van der Waals surface area (Å²) in [5.41, 5.74) is 4.54. The van der Waals surface area contributed by atoms with Gasteiger partial charge in [-0.1, -0.05) is 51.8 Å². The standard InChI is InChI=1S/C18H19BrO/c1-13-2-4-14(5-3-13)11-18(20)9-8-15-10-17(19)7-6-16(15)12-18/h2-7,10,20H,8-9,11-12H2,1H3. The molecule has 0 radical (unpaired) electrons. The van der Waals surface area contributed by atoms with Crippen LogP contribution in [0.2, 0.25) is 0 Å². The zero-order chi connectivity index (χ0) is 14.2. The van der Waals surface area contributed by atoms with Gasteiger partial charge < -0.3 is 5.11 Å². The average molecular weight is 331 g/mol. The molecule has 1 N–H and O–H groups in total. The van der Waals surface area contributed by atoms with E-state index in [1.807, 2.05) is 0 Å². The van der Waals surface area contributed by atoms with Crippen LogP contribution in [0.1, 0.15) is 28.7 Å². The third kappa shape index (κ3) is 2.97. The maximum Gasteiger partial charge on any atom is 0.0731 e. The van der Waals surface area contributed by atoms with E-state index in [4.69, 9.17) is 0 Å². The van der Waals surface area contributed by atoms with E-state index in [-0.39, 0.29) is 0 Å². The number of hydrogen-bond donors (Lipinski definition) is 1. The third-order valence-corrected chi connectivity index (χ3v) is 4.69. The molecule has 0 amide bonds. The number of hydrogen-bond acceptors (Lipinski definition) is 1. The lowest BCUT2D eigenvalue weighted by Crippen LogP contribution is -2.38. The van der Waals surface area contributed by atoms with Crippen molar-refractivity contribution in [2.24, 2.45) is 0 Å². The predicted molar refractivity (Wildman–Crippen MR) is 86.0 cm³/mol. The second-order valence-electron chi connectivity index (χ2n) is 5.98. The van der Waals surface area contributed by atoms with Gasteiger partial charge in [0.05, 0.1) is 5.60 Å². The van der Waals surface area contributed by atoms with Gasteiger partial charge in [-0.15, -0.1) is 0 Å². The molecular formula is C18H19BrO. The van der Waals surface area contributed by atoms with Crippen molar-refractivity contribution >= 4 is 15.9 Å². The normalized spacial score (nSPS) is 21.6. The minimum absolute atomic E-state index is 0.601. The number of halogens is 1. The highest BCUT2D eigenvalue weighted by atomic mass is 79.9. The van der Waals surface area contributed by atoms with Crippen LogP contribution in [0, 0.1) is 6.92 Å². The highest BCUT2D eigenvalue weighted by Crippen LogP contribution is 2.32. The molecule has 0 heterocycles. The summed E-state index contributed by atoms with van der Waals surface area (Å²) in [6, 6.07) is 14.9. The molecule has 0 aliphatic heterocycles. The average Bonchev–Trinajstić information content (AvgIpc) is 2.42. The Morgan fingerprint density at radius 1 is 1.10 bits per heavy atom. The zero-order valence-electron chi connectivity index (χ0n) is 11.7. The van der Waals surface area contributed by atoms with Crippen LogP contribution < -0.4 is 0 Å². The molecule has 1 nitrogen and oxygen atoms in total. The molecule has 1 unspecified atom stereocenters. The Bertz CT molecular complexity index is 618. The van der Waals surface area contributed by atoms with Crippen molar-refractivity contribution in [3.05, 3.63) is 69.2 Å². The second-order valence-corrected chi connectivity index (χ2v) is 6.89. The predicted octanol–water partition coefficient (Wildman–Crippen LogP) is 4.22. The van der Waals surface area contributed by atoms with Gasteiger partial charge in [-0.3, -0.25) is 0 Å². The molecule has 0 saturated carbocycles. The summed E-state index contributed by atoms with van der Waals surface area (Å²) in [5, 5.41) is 10.9. The van der Waals surface area contributed by atoms with Crippen LogP contribution in [0.5, 0.6) is 0 Å². The van der Waals surface area contributed by atoms with E-state index in [0.717, 1.165) is 30.2 Å². The molecule has 1 aliphatic rings. The third-order valence-electron chi connectivity index (χ3n) is 4.20. The van der Waals surface area contributed by atoms with Crippen molar-refractivity contribution in [1.82, 2.24) is 0 Å². The Hall–Kier alpha value is -1.12. The van der Waals surface area contributed by atoms with Crippen LogP contribution in [-0.2, 0) is 19.3 Å². The molecule has 0 bridgehead atoms. The molecule has 2 aromatic rings. The first-order valence-electron chi connectivity index (χ1n) is 7.09. The lowest BCUT2D eigenvalue weighted by atomic mass is 9.77. The van der Waals surface area contributed by atoms with Crippen molar-refractivity contribution in [3.8, 4) is 0 Å². The molecular weight excluding hydrogens is 312 g/mol. The molecule has 1 atom stereocenters. The number of rotatable bonds is 2. The van der Waals surface area contributed by atoms with E-state index in [9.17, 15) is 5.11 Å². The van der Waals surface area contributed by atoms with Gasteiger partial charge in [-0.05, 0) is 48.6 Å². The molecule has 0 fully saturated rings. The fourth-order valence-corrected chi connectivity index (χ4v) is 3.46. The van der Waals surface area contributed by atoms with Gasteiger partial charge in [0.25, 0.3) is 0 Å². The Morgan fingerprint density at radius 3 is 2.60 bits per heavy atom. The zero-order valence-corrected chi connectivity index (χ0v) is 13.3. The SMILES string of the molecule is Cc1ccc(CC2(O)CCc3cc(Br)ccc3C2)cc1. The van der Waals surface area contributed by atoms with Crippen LogP contribution >= 0.6 is 15.9 Å². The molecule has 104 valence electrons. The van der Waals surface area contributed by atoms with Crippen molar-refractivity contribution < 1.29 is 5.11 Å². The second kappa shape index (κ2) is 5.34. The van der Waals surface area contributed by atoms with Gasteiger partial charge in [0.2, 0.25) is 0 Å². The Morgan fingerprint density at radius 2 is 1.85 bits per heavy atom. The van der Waals surface area contributed by atoms with E-state index < -0.39 is 5.60 Å². The fraction of sp³-hybridized carbons (Fsp3) is 0.333. The highest BCUT2D eigenvalue weighted by molar-refractivity contribution is 9.10. The van der Waals surface area contributed by atoms with Crippen molar-refractivity contribution in [2.45, 2.75) is 38.2 Å². The first-order valence-corrected chi connectivity index (χ1v) is 7.89. The molecule has 0 aromatic heterocycles. The van der Waals surface area contributed by atoms with E-state index in [1.165, 1.54) is 22.3 Å². The maximum absolute atomic E-state index is 10.9. The molecule has 0 saturated heterocycles. The molecule has 2 heteroatoms. The van der Waals surface area contributed by atoms with Gasteiger partial charge in [-0.2, -0.15) is 0 Å². The lowest BCUT2D eigenvalue weighted by Gasteiger charge is -2.34. The smallest absolute Gasteiger partial charge is 0.0731 e. The summed E-state index contributed by atoms with van der Waals surface area (Å²) in [6.07, 6.45) is 3.29. The van der Waals surface area contributed by atoms with Crippen molar-refractivity contribution in [3.63, 3.8) is 0 Å². The minimum Gasteiger partial charge on any atom is -0.389 e. The lowest BCUT2D eigenvalue weighted by molar-refractivity contribution is 0.0267. The van der Waals surface area contributed by atoms with Crippen LogP contribution in [0.4, 0.5) is 0 Å². The Balaban J connectivity index is 1.80. The summed E-state index contributed by atoms with van der Waals surface area (Å²) in [4.78, 5) is 0. The number of aliphatic hydroxyl groups is 1. The van der Waals surface area contributed by atoms with E-state index >= 15 is 0 Å². The summed E-state index contributed by atoms with van der Waals surface area (Å²) in [5.74, 6) is 0. The molecule has 0 spiro atoms. The largest absolute Gasteiger partial charge is 0.389 e. The van der Waals surface area contributed by atoms with E-state index in [1.54, 1.807) is 0 Å². The molecule has 3 rings (SSSR count). The van der Waals surface area contributed by atoms with Gasteiger partial charge in [0.1, 0.15) is 0 Å². The molecule has 20 heavy (non-hydrogen) atoms. The summed E-state index contributed by atoms with van der Waals surface area (Å²) in [6.45, 7) is 2.09. The highest BCUT2D eigenvalue weighted by Gasteiger charge is 2.32. The summed E-state index contributed by atoms with van der Waals surface area (Å²) in [7, 11) is 0. The quantitative estimate of drug-likeness (QED) is 0.874. The van der Waals surface area contributed by atoms with Crippen LogP contribution in [-0.4, -0.2) is 10.7 Å². The first-order chi connectivity index (χ1) is 9.54. The van der Waals surface area contributed by atoms with Crippen LogP contribution in [0.25, 0.3) is 0 Å². The first kappa shape index (κ1) is 13.8. The van der Waals surface area contributed by atoms with Crippen LogP contribution in [0.3, 0.4) is 0 Å². The van der Waals surface area contributed by atoms with Crippen molar-refractivity contribution in [2.75, 3.05) is 0 Å². The number of benzene rings is 2. The maximum atomic E-state index is 10.9. The van der Waals surface area contributed by atoms with E-state index in [2.05, 4.69) is 65.3 Å². The monoisotopic (exact) mass is 330 g/mol. The Kier molecular flexibility index (Phi) is 3.70. The van der Waals surface area contributed by atoms with E-state index in [0.29, 0.717) is 0 Å². The van der Waals surface area contributed by atoms with Crippen molar-refractivity contribution in [1.29, 1.82) is 0 Å². The van der Waals surface area contributed by atoms with Gasteiger partial charge in [0.15, 0.2) is 0 Å². The minimum atomic E-state index is -0.601. The summed E-state index contributed by atoms with van der Waals surface area (Å²) < 4.78 is 1.13. The fourth-order valence-electron chi connectivity index (χ4n) is 3.05. The van der Waals surface area contributed by atoms with Gasteiger partial charge >= 0.3 is 0 Å². The van der Waals surface area contributed by atoms with Crippen LogP contribution in [0.15, 0.2) is 46.9 Å².